The fourth-order valence-electron chi connectivity index (χ4n) is 2.95. The van der Waals surface area contributed by atoms with Crippen molar-refractivity contribution in [3.8, 4) is 0 Å². The number of para-hydroxylation sites is 1. The van der Waals surface area contributed by atoms with Crippen molar-refractivity contribution in [2.75, 3.05) is 6.26 Å². The highest BCUT2D eigenvalue weighted by Crippen LogP contribution is 2.36. The van der Waals surface area contributed by atoms with E-state index in [1.165, 1.54) is 12.8 Å². The van der Waals surface area contributed by atoms with Gasteiger partial charge >= 0.3 is 0 Å². The Balaban J connectivity index is 2.24. The van der Waals surface area contributed by atoms with Crippen molar-refractivity contribution in [3.05, 3.63) is 39.4 Å². The van der Waals surface area contributed by atoms with E-state index in [0.29, 0.717) is 10.0 Å². The van der Waals surface area contributed by atoms with Crippen LogP contribution in [0.4, 0.5) is 0 Å². The van der Waals surface area contributed by atoms with Crippen LogP contribution in [0.25, 0.3) is 10.9 Å². The standard InChI is InChI=1S/C14H16N2OS2/c1-19-12-8-4-7-11(12)16-13(17)9-5-2-3-6-10(9)15-14(16)18/h2-3,5-6,11-12H,4,7-8H2,1H3,(H,15,18). The monoisotopic (exact) mass is 292 g/mol. The predicted octanol–water partition coefficient (Wildman–Crippen LogP) is 3.52. The summed E-state index contributed by atoms with van der Waals surface area (Å²) in [6, 6.07) is 7.81. The summed E-state index contributed by atoms with van der Waals surface area (Å²) >= 11 is 7.24. The summed E-state index contributed by atoms with van der Waals surface area (Å²) in [4.78, 5) is 15.9. The van der Waals surface area contributed by atoms with E-state index in [0.717, 1.165) is 17.3 Å². The zero-order chi connectivity index (χ0) is 13.4. The second-order valence-electron chi connectivity index (χ2n) is 4.92. The van der Waals surface area contributed by atoms with E-state index >= 15 is 0 Å². The van der Waals surface area contributed by atoms with E-state index in [-0.39, 0.29) is 11.6 Å². The molecule has 0 amide bonds. The largest absolute Gasteiger partial charge is 0.332 e. The van der Waals surface area contributed by atoms with Crippen molar-refractivity contribution in [3.63, 3.8) is 0 Å². The molecule has 1 N–H and O–H groups in total. The maximum absolute atomic E-state index is 12.7. The van der Waals surface area contributed by atoms with Crippen LogP contribution in [0.3, 0.4) is 0 Å². The van der Waals surface area contributed by atoms with E-state index in [1.807, 2.05) is 36.0 Å². The molecule has 2 atom stereocenters. The Morgan fingerprint density at radius 2 is 2.16 bits per heavy atom. The van der Waals surface area contributed by atoms with Crippen LogP contribution in [-0.4, -0.2) is 21.1 Å². The number of nitrogens with one attached hydrogen (secondary N) is 1. The second kappa shape index (κ2) is 5.13. The molecule has 19 heavy (non-hydrogen) atoms. The molecule has 0 bridgehead atoms. The smallest absolute Gasteiger partial charge is 0.262 e. The third kappa shape index (κ3) is 2.15. The fourth-order valence-corrected chi connectivity index (χ4v) is 4.26. The van der Waals surface area contributed by atoms with Crippen molar-refractivity contribution in [2.45, 2.75) is 30.6 Å². The van der Waals surface area contributed by atoms with E-state index in [2.05, 4.69) is 11.2 Å². The number of fused-ring (bicyclic) bond motifs is 1. The zero-order valence-electron chi connectivity index (χ0n) is 10.8. The summed E-state index contributed by atoms with van der Waals surface area (Å²) in [6.07, 6.45) is 5.49. The van der Waals surface area contributed by atoms with Gasteiger partial charge in [-0.1, -0.05) is 18.6 Å². The van der Waals surface area contributed by atoms with Gasteiger partial charge in [0.05, 0.1) is 16.9 Å². The van der Waals surface area contributed by atoms with Gasteiger partial charge in [-0.15, -0.1) is 0 Å². The summed E-state index contributed by atoms with van der Waals surface area (Å²) in [7, 11) is 0. The van der Waals surface area contributed by atoms with E-state index in [9.17, 15) is 4.79 Å². The van der Waals surface area contributed by atoms with Gasteiger partial charge in [-0.05, 0) is 43.4 Å². The number of aromatic nitrogens is 2. The number of nitrogens with zero attached hydrogens (tertiary/aromatic N) is 1. The van der Waals surface area contributed by atoms with Gasteiger partial charge in [-0.2, -0.15) is 11.8 Å². The first-order chi connectivity index (χ1) is 9.22. The number of H-pyrrole nitrogens is 1. The maximum Gasteiger partial charge on any atom is 0.262 e. The Hall–Kier alpha value is -1.07. The summed E-state index contributed by atoms with van der Waals surface area (Å²) in [5, 5.41) is 1.22. The van der Waals surface area contributed by atoms with E-state index < -0.39 is 0 Å². The third-order valence-electron chi connectivity index (χ3n) is 3.89. The zero-order valence-corrected chi connectivity index (χ0v) is 12.4. The molecule has 1 heterocycles. The summed E-state index contributed by atoms with van der Waals surface area (Å²) < 4.78 is 2.35. The number of hydrogen-bond donors (Lipinski definition) is 1. The Kier molecular flexibility index (Phi) is 3.50. The van der Waals surface area contributed by atoms with Gasteiger partial charge in [0, 0.05) is 5.25 Å². The normalized spacial score (nSPS) is 23.0. The molecular formula is C14H16N2OS2. The molecule has 0 aliphatic heterocycles. The molecule has 1 aromatic heterocycles. The minimum absolute atomic E-state index is 0.0466. The first-order valence-corrected chi connectivity index (χ1v) is 8.18. The first-order valence-electron chi connectivity index (χ1n) is 6.48. The molecule has 1 aliphatic rings. The Labute approximate surface area is 121 Å². The highest BCUT2D eigenvalue weighted by molar-refractivity contribution is 7.99. The van der Waals surface area contributed by atoms with Gasteiger partial charge in [0.1, 0.15) is 0 Å². The third-order valence-corrected chi connectivity index (χ3v) is 5.34. The molecule has 2 aromatic rings. The lowest BCUT2D eigenvalue weighted by atomic mass is 10.2. The molecule has 2 unspecified atom stereocenters. The predicted molar refractivity (Wildman–Crippen MR) is 83.6 cm³/mol. The molecule has 100 valence electrons. The summed E-state index contributed by atoms with van der Waals surface area (Å²) in [5.41, 5.74) is 0.873. The van der Waals surface area contributed by atoms with Crippen molar-refractivity contribution in [2.24, 2.45) is 0 Å². The quantitative estimate of drug-likeness (QED) is 0.861. The molecule has 0 saturated heterocycles. The molecule has 1 aromatic carbocycles. The van der Waals surface area contributed by atoms with Crippen LogP contribution in [0, 0.1) is 4.77 Å². The van der Waals surface area contributed by atoms with Crippen LogP contribution in [-0.2, 0) is 0 Å². The Morgan fingerprint density at radius 3 is 2.95 bits per heavy atom. The fraction of sp³-hybridized carbons (Fsp3) is 0.429. The topological polar surface area (TPSA) is 37.8 Å². The van der Waals surface area contributed by atoms with E-state index in [1.54, 1.807) is 4.57 Å². The minimum atomic E-state index is 0.0466. The molecule has 0 radical (unpaired) electrons. The maximum atomic E-state index is 12.7. The SMILES string of the molecule is CSC1CCCC1n1c(=S)[nH]c2ccccc2c1=O. The molecule has 1 saturated carbocycles. The molecule has 1 fully saturated rings. The molecule has 3 rings (SSSR count). The van der Waals surface area contributed by atoms with Crippen LogP contribution in [0.5, 0.6) is 0 Å². The molecule has 5 heteroatoms. The number of benzene rings is 1. The first kappa shape index (κ1) is 12.9. The van der Waals surface area contributed by atoms with Crippen molar-refractivity contribution >= 4 is 34.9 Å². The van der Waals surface area contributed by atoms with E-state index in [4.69, 9.17) is 12.2 Å². The highest BCUT2D eigenvalue weighted by Gasteiger charge is 2.29. The Bertz CT molecular complexity index is 719. The van der Waals surface area contributed by atoms with Crippen LogP contribution in [0.2, 0.25) is 0 Å². The average Bonchev–Trinajstić information content (AvgIpc) is 2.87. The van der Waals surface area contributed by atoms with Crippen LogP contribution in [0.1, 0.15) is 25.3 Å². The molecule has 0 spiro atoms. The lowest BCUT2D eigenvalue weighted by Gasteiger charge is -2.20. The van der Waals surface area contributed by atoms with Gasteiger partial charge in [-0.3, -0.25) is 9.36 Å². The van der Waals surface area contributed by atoms with Gasteiger partial charge < -0.3 is 4.98 Å². The number of rotatable bonds is 2. The van der Waals surface area contributed by atoms with Crippen molar-refractivity contribution < 1.29 is 0 Å². The molecule has 3 nitrogen and oxygen atoms in total. The van der Waals surface area contributed by atoms with Crippen molar-refractivity contribution in [1.82, 2.24) is 9.55 Å². The lowest BCUT2D eigenvalue weighted by molar-refractivity contribution is 0.502. The van der Waals surface area contributed by atoms with Crippen LogP contribution in [0.15, 0.2) is 29.1 Å². The number of hydrogen-bond acceptors (Lipinski definition) is 3. The van der Waals surface area contributed by atoms with Crippen molar-refractivity contribution in [1.29, 1.82) is 0 Å². The second-order valence-corrected chi connectivity index (χ2v) is 6.39. The highest BCUT2D eigenvalue weighted by atomic mass is 32.2. The number of thioether (sulfide) groups is 1. The van der Waals surface area contributed by atoms with Crippen LogP contribution < -0.4 is 5.56 Å². The Morgan fingerprint density at radius 1 is 1.37 bits per heavy atom. The van der Waals surface area contributed by atoms with Gasteiger partial charge in [-0.25, -0.2) is 0 Å². The number of aromatic amines is 1. The van der Waals surface area contributed by atoms with Gasteiger partial charge in [0.15, 0.2) is 4.77 Å². The summed E-state index contributed by atoms with van der Waals surface area (Å²) in [6.45, 7) is 0. The van der Waals surface area contributed by atoms with Crippen LogP contribution >= 0.6 is 24.0 Å². The minimum Gasteiger partial charge on any atom is -0.332 e. The summed E-state index contributed by atoms with van der Waals surface area (Å²) in [5.74, 6) is 0. The average molecular weight is 292 g/mol. The lowest BCUT2D eigenvalue weighted by Crippen LogP contribution is -2.29. The van der Waals surface area contributed by atoms with Gasteiger partial charge in [0.2, 0.25) is 0 Å². The molecule has 1 aliphatic carbocycles. The van der Waals surface area contributed by atoms with Gasteiger partial charge in [0.25, 0.3) is 5.56 Å². The molecular weight excluding hydrogens is 276 g/mol.